The van der Waals surface area contributed by atoms with Crippen molar-refractivity contribution in [3.63, 3.8) is 0 Å². The third-order valence-electron chi connectivity index (χ3n) is 3.23. The van der Waals surface area contributed by atoms with E-state index in [1.165, 1.54) is 0 Å². The van der Waals surface area contributed by atoms with E-state index in [4.69, 9.17) is 16.3 Å². The summed E-state index contributed by atoms with van der Waals surface area (Å²) in [6, 6.07) is 3.61. The zero-order valence-corrected chi connectivity index (χ0v) is 12.8. The van der Waals surface area contributed by atoms with Crippen LogP contribution in [-0.2, 0) is 13.0 Å². The fourth-order valence-corrected chi connectivity index (χ4v) is 2.38. The van der Waals surface area contributed by atoms with E-state index in [1.54, 1.807) is 12.3 Å². The van der Waals surface area contributed by atoms with E-state index in [0.717, 1.165) is 36.3 Å². The Hall–Kier alpha value is -1.72. The first-order chi connectivity index (χ1) is 10.1. The Morgan fingerprint density at radius 2 is 2.14 bits per heavy atom. The highest BCUT2D eigenvalue weighted by Crippen LogP contribution is 2.27. The monoisotopic (exact) mass is 304 g/mol. The average Bonchev–Trinajstić information content (AvgIpc) is 2.47. The zero-order chi connectivity index (χ0) is 14.8. The molecule has 0 aliphatic carbocycles. The number of hydrogen-bond donors (Lipinski definition) is 1. The molecule has 0 radical (unpaired) electrons. The number of halogens is 1. The lowest BCUT2D eigenvalue weighted by Gasteiger charge is -2.21. The Kier molecular flexibility index (Phi) is 4.03. The van der Waals surface area contributed by atoms with E-state index >= 15 is 0 Å². The van der Waals surface area contributed by atoms with Crippen molar-refractivity contribution in [1.29, 1.82) is 0 Å². The summed E-state index contributed by atoms with van der Waals surface area (Å²) in [5.41, 5.74) is 2.94. The first-order valence-corrected chi connectivity index (χ1v) is 7.40. The zero-order valence-electron chi connectivity index (χ0n) is 12.1. The number of aromatic nitrogens is 3. The Morgan fingerprint density at radius 1 is 1.29 bits per heavy atom. The second-order valence-electron chi connectivity index (χ2n) is 5.24. The standard InChI is InChI=1S/C15H17ClN4O/c1-9(2)21-15-11-8-17-6-5-12(11)19-14(20-15)10-3-4-13(16)18-7-10/h3-4,7,9,17H,5-6,8H2,1-2H3. The van der Waals surface area contributed by atoms with Crippen LogP contribution in [0.25, 0.3) is 11.4 Å². The van der Waals surface area contributed by atoms with Crippen molar-refractivity contribution >= 4 is 11.6 Å². The molecule has 1 aliphatic heterocycles. The molecule has 3 heterocycles. The van der Waals surface area contributed by atoms with Crippen LogP contribution in [0.2, 0.25) is 5.15 Å². The van der Waals surface area contributed by atoms with Crippen molar-refractivity contribution in [3.8, 4) is 17.3 Å². The Bertz CT molecular complexity index is 643. The molecule has 1 N–H and O–H groups in total. The van der Waals surface area contributed by atoms with Gasteiger partial charge in [-0.2, -0.15) is 4.98 Å². The fourth-order valence-electron chi connectivity index (χ4n) is 2.27. The maximum Gasteiger partial charge on any atom is 0.222 e. The second-order valence-corrected chi connectivity index (χ2v) is 5.63. The van der Waals surface area contributed by atoms with E-state index in [2.05, 4.69) is 20.3 Å². The van der Waals surface area contributed by atoms with Gasteiger partial charge in [0.15, 0.2) is 5.82 Å². The van der Waals surface area contributed by atoms with Crippen molar-refractivity contribution in [2.75, 3.05) is 6.54 Å². The van der Waals surface area contributed by atoms with Gasteiger partial charge in [-0.15, -0.1) is 0 Å². The van der Waals surface area contributed by atoms with Crippen LogP contribution in [0, 0.1) is 0 Å². The van der Waals surface area contributed by atoms with Crippen LogP contribution in [0.5, 0.6) is 5.88 Å². The van der Waals surface area contributed by atoms with Crippen molar-refractivity contribution < 1.29 is 4.74 Å². The van der Waals surface area contributed by atoms with Gasteiger partial charge in [0.1, 0.15) is 5.15 Å². The number of rotatable bonds is 3. The van der Waals surface area contributed by atoms with Gasteiger partial charge in [-0.1, -0.05) is 11.6 Å². The molecule has 2 aromatic heterocycles. The molecule has 0 amide bonds. The summed E-state index contributed by atoms with van der Waals surface area (Å²) in [5, 5.41) is 3.79. The van der Waals surface area contributed by atoms with Crippen LogP contribution in [-0.4, -0.2) is 27.6 Å². The summed E-state index contributed by atoms with van der Waals surface area (Å²) in [7, 11) is 0. The highest BCUT2D eigenvalue weighted by molar-refractivity contribution is 6.29. The van der Waals surface area contributed by atoms with Gasteiger partial charge in [-0.05, 0) is 26.0 Å². The molecule has 0 atom stereocenters. The molecule has 0 spiro atoms. The van der Waals surface area contributed by atoms with E-state index in [-0.39, 0.29) is 6.10 Å². The minimum Gasteiger partial charge on any atom is -0.475 e. The number of fused-ring (bicyclic) bond motifs is 1. The molecule has 110 valence electrons. The quantitative estimate of drug-likeness (QED) is 0.883. The van der Waals surface area contributed by atoms with E-state index < -0.39 is 0 Å². The average molecular weight is 305 g/mol. The second kappa shape index (κ2) is 5.95. The predicted molar refractivity (Wildman–Crippen MR) is 81.4 cm³/mol. The molecule has 2 aromatic rings. The molecular weight excluding hydrogens is 288 g/mol. The smallest absolute Gasteiger partial charge is 0.222 e. The van der Waals surface area contributed by atoms with Gasteiger partial charge in [-0.3, -0.25) is 0 Å². The van der Waals surface area contributed by atoms with Gasteiger partial charge in [0.05, 0.1) is 11.8 Å². The molecule has 0 saturated carbocycles. The molecular formula is C15H17ClN4O. The van der Waals surface area contributed by atoms with E-state index in [0.29, 0.717) is 16.9 Å². The minimum atomic E-state index is 0.0714. The van der Waals surface area contributed by atoms with E-state index in [1.807, 2.05) is 19.9 Å². The van der Waals surface area contributed by atoms with Crippen molar-refractivity contribution in [2.24, 2.45) is 0 Å². The van der Waals surface area contributed by atoms with Gasteiger partial charge in [0.2, 0.25) is 5.88 Å². The molecule has 3 rings (SSSR count). The number of ether oxygens (including phenoxy) is 1. The van der Waals surface area contributed by atoms with Crippen molar-refractivity contribution in [1.82, 2.24) is 20.3 Å². The maximum absolute atomic E-state index is 5.86. The van der Waals surface area contributed by atoms with Crippen LogP contribution >= 0.6 is 11.6 Å². The summed E-state index contributed by atoms with van der Waals surface area (Å²) < 4.78 is 5.86. The molecule has 5 nitrogen and oxygen atoms in total. The summed E-state index contributed by atoms with van der Waals surface area (Å²) in [6.07, 6.45) is 2.63. The molecule has 6 heteroatoms. The lowest BCUT2D eigenvalue weighted by Crippen LogP contribution is -2.26. The summed E-state index contributed by atoms with van der Waals surface area (Å²) in [6.45, 7) is 5.66. The lowest BCUT2D eigenvalue weighted by atomic mass is 10.1. The normalized spacial score (nSPS) is 14.1. The van der Waals surface area contributed by atoms with Crippen LogP contribution < -0.4 is 10.1 Å². The first kappa shape index (κ1) is 14.2. The summed E-state index contributed by atoms with van der Waals surface area (Å²) in [4.78, 5) is 13.3. The van der Waals surface area contributed by atoms with Gasteiger partial charge in [0.25, 0.3) is 0 Å². The molecule has 0 fully saturated rings. The van der Waals surface area contributed by atoms with Gasteiger partial charge < -0.3 is 10.1 Å². The summed E-state index contributed by atoms with van der Waals surface area (Å²) in [5.74, 6) is 1.29. The van der Waals surface area contributed by atoms with Gasteiger partial charge in [-0.25, -0.2) is 9.97 Å². The third kappa shape index (κ3) is 3.14. The Labute approximate surface area is 128 Å². The number of nitrogens with zero attached hydrogens (tertiary/aromatic N) is 3. The highest BCUT2D eigenvalue weighted by atomic mass is 35.5. The number of pyridine rings is 1. The van der Waals surface area contributed by atoms with Crippen molar-refractivity contribution in [2.45, 2.75) is 32.9 Å². The Balaban J connectivity index is 2.06. The largest absolute Gasteiger partial charge is 0.475 e. The third-order valence-corrected chi connectivity index (χ3v) is 3.45. The molecule has 0 saturated heterocycles. The topological polar surface area (TPSA) is 59.9 Å². The highest BCUT2D eigenvalue weighted by Gasteiger charge is 2.20. The van der Waals surface area contributed by atoms with Crippen LogP contribution in [0.1, 0.15) is 25.1 Å². The first-order valence-electron chi connectivity index (χ1n) is 7.02. The lowest BCUT2D eigenvalue weighted by molar-refractivity contribution is 0.228. The maximum atomic E-state index is 5.86. The Morgan fingerprint density at radius 3 is 2.86 bits per heavy atom. The molecule has 0 unspecified atom stereocenters. The SMILES string of the molecule is CC(C)Oc1nc(-c2ccc(Cl)nc2)nc2c1CNCC2. The number of nitrogens with one attached hydrogen (secondary N) is 1. The predicted octanol–water partition coefficient (Wildman–Crippen LogP) is 2.62. The van der Waals surface area contributed by atoms with Crippen molar-refractivity contribution in [3.05, 3.63) is 34.7 Å². The minimum absolute atomic E-state index is 0.0714. The van der Waals surface area contributed by atoms with Crippen LogP contribution in [0.3, 0.4) is 0 Å². The van der Waals surface area contributed by atoms with Crippen LogP contribution in [0.4, 0.5) is 0 Å². The molecule has 0 aromatic carbocycles. The van der Waals surface area contributed by atoms with Gasteiger partial charge in [0, 0.05) is 36.8 Å². The molecule has 21 heavy (non-hydrogen) atoms. The van der Waals surface area contributed by atoms with Gasteiger partial charge >= 0.3 is 0 Å². The molecule has 1 aliphatic rings. The fraction of sp³-hybridized carbons (Fsp3) is 0.400. The van der Waals surface area contributed by atoms with E-state index in [9.17, 15) is 0 Å². The summed E-state index contributed by atoms with van der Waals surface area (Å²) >= 11 is 5.83. The number of hydrogen-bond acceptors (Lipinski definition) is 5. The van der Waals surface area contributed by atoms with Crippen LogP contribution in [0.15, 0.2) is 18.3 Å². The molecule has 0 bridgehead atoms.